The fourth-order valence-electron chi connectivity index (χ4n) is 10.2. The molecule has 10 rings (SSSR count). The largest absolute Gasteiger partial charge is 0.310 e. The zero-order chi connectivity index (χ0) is 39.3. The average Bonchev–Trinajstić information content (AvgIpc) is 3.61. The zero-order valence-electron chi connectivity index (χ0n) is 34.1. The minimum atomic E-state index is -0.253. The Morgan fingerprint density at radius 2 is 0.825 bits per heavy atom. The molecule has 0 aromatic heterocycles. The Kier molecular flexibility index (Phi) is 7.83. The monoisotopic (exact) mass is 735 g/mol. The lowest BCUT2D eigenvalue weighted by Crippen LogP contribution is -2.27. The van der Waals surface area contributed by atoms with Crippen LogP contribution in [0.5, 0.6) is 0 Å². The Balaban J connectivity index is 1.27. The van der Waals surface area contributed by atoms with E-state index in [9.17, 15) is 0 Å². The molecule has 2 aliphatic rings. The summed E-state index contributed by atoms with van der Waals surface area (Å²) in [6, 6.07) is 63.1. The lowest BCUT2D eigenvalue weighted by atomic mass is 9.71. The van der Waals surface area contributed by atoms with E-state index in [0.29, 0.717) is 0 Å². The molecular formula is C56H49N. The third kappa shape index (κ3) is 5.36. The number of nitrogens with zero attached hydrogens (tertiary/aromatic N) is 1. The van der Waals surface area contributed by atoms with Crippen molar-refractivity contribution >= 4 is 27.8 Å². The third-order valence-electron chi connectivity index (χ3n) is 12.9. The highest BCUT2D eigenvalue weighted by Gasteiger charge is 2.50. The topological polar surface area (TPSA) is 3.24 Å². The molecule has 0 unspecified atom stereocenters. The predicted molar refractivity (Wildman–Crippen MR) is 243 cm³/mol. The number of benzene rings is 8. The van der Waals surface area contributed by atoms with Gasteiger partial charge in [0.25, 0.3) is 0 Å². The molecular weight excluding hydrogens is 687 g/mol. The van der Waals surface area contributed by atoms with E-state index in [2.05, 4.69) is 223 Å². The summed E-state index contributed by atoms with van der Waals surface area (Å²) >= 11 is 0. The van der Waals surface area contributed by atoms with Gasteiger partial charge in [-0.25, -0.2) is 0 Å². The van der Waals surface area contributed by atoms with Crippen LogP contribution in [-0.4, -0.2) is 0 Å². The molecule has 8 aromatic rings. The maximum Gasteiger partial charge on any atom is 0.0556 e. The van der Waals surface area contributed by atoms with Crippen LogP contribution in [0, 0.1) is 0 Å². The Bertz CT molecular complexity index is 2760. The predicted octanol–water partition coefficient (Wildman–Crippen LogP) is 15.6. The van der Waals surface area contributed by atoms with Crippen LogP contribution < -0.4 is 4.90 Å². The molecule has 0 spiro atoms. The summed E-state index contributed by atoms with van der Waals surface area (Å²) in [6.45, 7) is 17.1. The Hall–Kier alpha value is -6.18. The molecule has 0 radical (unpaired) electrons. The molecule has 57 heavy (non-hydrogen) atoms. The Morgan fingerprint density at radius 1 is 0.404 bits per heavy atom. The van der Waals surface area contributed by atoms with Crippen LogP contribution in [0.3, 0.4) is 0 Å². The van der Waals surface area contributed by atoms with Crippen molar-refractivity contribution < 1.29 is 0 Å². The van der Waals surface area contributed by atoms with Crippen molar-refractivity contribution in [2.75, 3.05) is 4.90 Å². The van der Waals surface area contributed by atoms with Gasteiger partial charge in [-0.3, -0.25) is 0 Å². The summed E-state index contributed by atoms with van der Waals surface area (Å²) < 4.78 is 0. The van der Waals surface area contributed by atoms with Gasteiger partial charge in [0.05, 0.1) is 5.69 Å². The second kappa shape index (κ2) is 12.7. The standard InChI is InChI=1S/C56H49N/c1-54(2,3)50-48-44-21-13-15-23-46(44)55(4,5)51(48)53(52-49(50)45-22-14-16-24-47(45)56(52,6)7)57(43-34-31-37-19-11-12-20-41(37)35-43)42-32-29-40(30-33-42)39-27-25-38(26-28-39)36-17-9-8-10-18-36/h8-35H,1-7H3. The molecule has 0 heterocycles. The smallest absolute Gasteiger partial charge is 0.0556 e. The summed E-state index contributed by atoms with van der Waals surface area (Å²) in [5.74, 6) is 0. The van der Waals surface area contributed by atoms with Crippen LogP contribution in [0.2, 0.25) is 0 Å². The molecule has 0 atom stereocenters. The minimum absolute atomic E-state index is 0.112. The van der Waals surface area contributed by atoms with Gasteiger partial charge >= 0.3 is 0 Å². The molecule has 278 valence electrons. The molecule has 0 saturated carbocycles. The molecule has 0 amide bonds. The lowest BCUT2D eigenvalue weighted by molar-refractivity contribution is 0.587. The molecule has 8 aromatic carbocycles. The quantitative estimate of drug-likeness (QED) is 0.170. The third-order valence-corrected chi connectivity index (χ3v) is 12.9. The van der Waals surface area contributed by atoms with Gasteiger partial charge in [0.2, 0.25) is 0 Å². The van der Waals surface area contributed by atoms with E-state index in [1.54, 1.807) is 0 Å². The highest BCUT2D eigenvalue weighted by atomic mass is 15.2. The van der Waals surface area contributed by atoms with Crippen LogP contribution in [-0.2, 0) is 16.2 Å². The van der Waals surface area contributed by atoms with Crippen molar-refractivity contribution in [2.45, 2.75) is 64.7 Å². The first-order valence-corrected chi connectivity index (χ1v) is 20.4. The Morgan fingerprint density at radius 3 is 1.35 bits per heavy atom. The Labute approximate surface area is 338 Å². The number of anilines is 3. The molecule has 0 N–H and O–H groups in total. The normalized spacial score (nSPS) is 14.5. The second-order valence-corrected chi connectivity index (χ2v) is 18.2. The van der Waals surface area contributed by atoms with E-state index >= 15 is 0 Å². The number of hydrogen-bond donors (Lipinski definition) is 0. The number of hydrogen-bond acceptors (Lipinski definition) is 1. The fourth-order valence-corrected chi connectivity index (χ4v) is 10.2. The van der Waals surface area contributed by atoms with E-state index < -0.39 is 0 Å². The van der Waals surface area contributed by atoms with Gasteiger partial charge in [-0.05, 0) is 113 Å². The molecule has 0 saturated heterocycles. The minimum Gasteiger partial charge on any atom is -0.310 e. The SMILES string of the molecule is CC(C)(C)c1c2c(c(N(c3ccc(-c4ccc(-c5ccccc5)cc4)cc3)c3ccc4ccccc4c3)c3c1-c1ccccc1C3(C)C)C(C)(C)c1ccccc1-2. The summed E-state index contributed by atoms with van der Waals surface area (Å²) in [5, 5.41) is 2.48. The van der Waals surface area contributed by atoms with Gasteiger partial charge in [-0.15, -0.1) is 0 Å². The summed E-state index contributed by atoms with van der Waals surface area (Å²) in [7, 11) is 0. The van der Waals surface area contributed by atoms with E-state index in [1.165, 1.54) is 94.5 Å². The molecule has 2 aliphatic carbocycles. The van der Waals surface area contributed by atoms with Crippen molar-refractivity contribution in [3.63, 3.8) is 0 Å². The van der Waals surface area contributed by atoms with E-state index in [0.717, 1.165) is 5.69 Å². The van der Waals surface area contributed by atoms with E-state index in [4.69, 9.17) is 0 Å². The van der Waals surface area contributed by atoms with Crippen LogP contribution in [0.25, 0.3) is 55.3 Å². The summed E-state index contributed by atoms with van der Waals surface area (Å²) in [4.78, 5) is 2.61. The first-order valence-electron chi connectivity index (χ1n) is 20.4. The summed E-state index contributed by atoms with van der Waals surface area (Å²) in [5.41, 5.74) is 20.5. The van der Waals surface area contributed by atoms with Gasteiger partial charge in [-0.1, -0.05) is 194 Å². The van der Waals surface area contributed by atoms with Crippen molar-refractivity contribution in [3.05, 3.63) is 198 Å². The molecule has 1 heteroatoms. The fraction of sp³-hybridized carbons (Fsp3) is 0.179. The summed E-state index contributed by atoms with van der Waals surface area (Å²) in [6.07, 6.45) is 0. The van der Waals surface area contributed by atoms with Gasteiger partial charge in [0, 0.05) is 22.2 Å². The maximum absolute atomic E-state index is 2.61. The number of fused-ring (bicyclic) bond motifs is 7. The highest BCUT2D eigenvalue weighted by Crippen LogP contribution is 2.65. The van der Waals surface area contributed by atoms with Crippen LogP contribution in [0.4, 0.5) is 17.1 Å². The van der Waals surface area contributed by atoms with Crippen LogP contribution in [0.15, 0.2) is 170 Å². The molecule has 0 bridgehead atoms. The highest BCUT2D eigenvalue weighted by molar-refractivity contribution is 6.03. The van der Waals surface area contributed by atoms with Gasteiger partial charge < -0.3 is 4.90 Å². The first kappa shape index (κ1) is 35.2. The van der Waals surface area contributed by atoms with E-state index in [-0.39, 0.29) is 16.2 Å². The van der Waals surface area contributed by atoms with Gasteiger partial charge in [0.15, 0.2) is 0 Å². The van der Waals surface area contributed by atoms with Crippen LogP contribution in [0.1, 0.15) is 76.3 Å². The zero-order valence-corrected chi connectivity index (χ0v) is 34.1. The van der Waals surface area contributed by atoms with Crippen molar-refractivity contribution in [1.29, 1.82) is 0 Å². The molecule has 0 fully saturated rings. The molecule has 0 aliphatic heterocycles. The lowest BCUT2D eigenvalue weighted by Gasteiger charge is -2.39. The average molecular weight is 736 g/mol. The van der Waals surface area contributed by atoms with Gasteiger partial charge in [-0.2, -0.15) is 0 Å². The van der Waals surface area contributed by atoms with Crippen LogP contribution >= 0.6 is 0 Å². The van der Waals surface area contributed by atoms with Crippen molar-refractivity contribution in [3.8, 4) is 44.5 Å². The molecule has 1 nitrogen and oxygen atoms in total. The first-order chi connectivity index (χ1) is 27.4. The van der Waals surface area contributed by atoms with Crippen molar-refractivity contribution in [1.82, 2.24) is 0 Å². The second-order valence-electron chi connectivity index (χ2n) is 18.2. The van der Waals surface area contributed by atoms with Crippen molar-refractivity contribution in [2.24, 2.45) is 0 Å². The van der Waals surface area contributed by atoms with Gasteiger partial charge in [0.1, 0.15) is 0 Å². The van der Waals surface area contributed by atoms with E-state index in [1.807, 2.05) is 0 Å². The number of rotatable bonds is 5. The maximum atomic E-state index is 2.61.